The number of rotatable bonds is 2. The lowest BCUT2D eigenvalue weighted by atomic mass is 10.2. The Labute approximate surface area is 139 Å². The summed E-state index contributed by atoms with van der Waals surface area (Å²) < 4.78 is 0. The molecule has 1 aliphatic rings. The van der Waals surface area contributed by atoms with Crippen molar-refractivity contribution in [1.82, 2.24) is 19.9 Å². The molecule has 0 aliphatic carbocycles. The summed E-state index contributed by atoms with van der Waals surface area (Å²) in [5.74, 6) is 0.396. The van der Waals surface area contributed by atoms with E-state index in [0.717, 1.165) is 5.56 Å². The highest BCUT2D eigenvalue weighted by Gasteiger charge is 2.35. The molecular weight excluding hydrogens is 338 g/mol. The quantitative estimate of drug-likeness (QED) is 0.740. The average molecular weight is 348 g/mol. The van der Waals surface area contributed by atoms with Crippen molar-refractivity contribution in [2.75, 3.05) is 10.7 Å². The normalized spacial score (nSPS) is 18.0. The first-order chi connectivity index (χ1) is 11.1. The maximum absolute atomic E-state index is 12.3. The predicted octanol–water partition coefficient (Wildman–Crippen LogP) is 2.08. The van der Waals surface area contributed by atoms with Crippen molar-refractivity contribution in [3.8, 4) is 0 Å². The zero-order chi connectivity index (χ0) is 16.0. The van der Waals surface area contributed by atoms with Crippen LogP contribution >= 0.6 is 23.4 Å². The minimum atomic E-state index is -0.359. The Bertz CT molecular complexity index is 952. The predicted molar refractivity (Wildman–Crippen MR) is 88.6 cm³/mol. The van der Waals surface area contributed by atoms with Crippen molar-refractivity contribution in [2.24, 2.45) is 0 Å². The lowest BCUT2D eigenvalue weighted by molar-refractivity contribution is -0.115. The van der Waals surface area contributed by atoms with Gasteiger partial charge >= 0.3 is 0 Å². The molecule has 9 heteroatoms. The third kappa shape index (κ3) is 2.40. The Morgan fingerprint density at radius 1 is 1.26 bits per heavy atom. The van der Waals surface area contributed by atoms with E-state index in [1.807, 2.05) is 12.1 Å². The summed E-state index contributed by atoms with van der Waals surface area (Å²) in [7, 11) is 0. The Hall–Kier alpha value is -2.32. The van der Waals surface area contributed by atoms with E-state index < -0.39 is 0 Å². The largest absolute Gasteiger partial charge is 0.339 e. The Kier molecular flexibility index (Phi) is 3.35. The number of imidazole rings is 1. The first-order valence-corrected chi connectivity index (χ1v) is 8.19. The summed E-state index contributed by atoms with van der Waals surface area (Å²) >= 11 is 7.38. The Morgan fingerprint density at radius 3 is 2.83 bits per heavy atom. The number of hydrogen-bond acceptors (Lipinski definition) is 5. The molecule has 1 aliphatic heterocycles. The SMILES string of the molecule is O=C1CSC(c2ccc(Cl)cc2)N1c1nc2nc[nH]c2c(=O)[nH]1. The van der Waals surface area contributed by atoms with E-state index in [-0.39, 0.29) is 34.0 Å². The molecule has 1 aromatic carbocycles. The van der Waals surface area contributed by atoms with E-state index in [1.165, 1.54) is 23.0 Å². The number of H-pyrrole nitrogens is 2. The molecule has 1 amide bonds. The summed E-state index contributed by atoms with van der Waals surface area (Å²) in [6.45, 7) is 0. The minimum absolute atomic E-state index is 0.118. The lowest BCUT2D eigenvalue weighted by Crippen LogP contribution is -2.31. The van der Waals surface area contributed by atoms with Crippen LogP contribution in [-0.4, -0.2) is 31.6 Å². The highest BCUT2D eigenvalue weighted by Crippen LogP contribution is 2.40. The molecule has 7 nitrogen and oxygen atoms in total. The number of aromatic amines is 2. The number of amides is 1. The molecular formula is C14H10ClN5O2S. The van der Waals surface area contributed by atoms with Gasteiger partial charge in [0.25, 0.3) is 5.56 Å². The average Bonchev–Trinajstić information content (AvgIpc) is 3.14. The number of hydrogen-bond donors (Lipinski definition) is 2. The summed E-state index contributed by atoms with van der Waals surface area (Å²) in [6.07, 6.45) is 1.40. The number of halogens is 1. The van der Waals surface area contributed by atoms with Gasteiger partial charge < -0.3 is 4.98 Å². The van der Waals surface area contributed by atoms with Crippen LogP contribution in [0, 0.1) is 0 Å². The fourth-order valence-corrected chi connectivity index (χ4v) is 3.75. The van der Waals surface area contributed by atoms with Crippen LogP contribution in [0.1, 0.15) is 10.9 Å². The van der Waals surface area contributed by atoms with Gasteiger partial charge in [-0.1, -0.05) is 23.7 Å². The molecule has 1 unspecified atom stereocenters. The van der Waals surface area contributed by atoms with Gasteiger partial charge in [0.1, 0.15) is 5.37 Å². The highest BCUT2D eigenvalue weighted by atomic mass is 35.5. The number of thioether (sulfide) groups is 1. The van der Waals surface area contributed by atoms with Gasteiger partial charge in [0.15, 0.2) is 11.2 Å². The van der Waals surface area contributed by atoms with Crippen molar-refractivity contribution >= 4 is 46.4 Å². The van der Waals surface area contributed by atoms with E-state index in [0.29, 0.717) is 10.8 Å². The smallest absolute Gasteiger partial charge is 0.278 e. The van der Waals surface area contributed by atoms with Gasteiger partial charge in [-0.25, -0.2) is 4.98 Å². The number of aromatic nitrogens is 4. The molecule has 0 saturated carbocycles. The van der Waals surface area contributed by atoms with Crippen LogP contribution in [0.2, 0.25) is 5.02 Å². The third-order valence-electron chi connectivity index (χ3n) is 3.53. The molecule has 1 atom stereocenters. The van der Waals surface area contributed by atoms with Crippen molar-refractivity contribution in [2.45, 2.75) is 5.37 Å². The van der Waals surface area contributed by atoms with Gasteiger partial charge in [-0.15, -0.1) is 11.8 Å². The molecule has 4 rings (SSSR count). The fourth-order valence-electron chi connectivity index (χ4n) is 2.47. The lowest BCUT2D eigenvalue weighted by Gasteiger charge is -2.22. The number of nitrogens with one attached hydrogen (secondary N) is 2. The van der Waals surface area contributed by atoms with E-state index in [4.69, 9.17) is 11.6 Å². The van der Waals surface area contributed by atoms with Gasteiger partial charge in [0.05, 0.1) is 12.1 Å². The molecule has 2 aromatic heterocycles. The summed E-state index contributed by atoms with van der Waals surface area (Å²) in [5, 5.41) is 0.360. The standard InChI is InChI=1S/C14H10ClN5O2S/c15-8-3-1-7(2-4-8)13-20(9(21)5-23-13)14-18-11-10(12(22)19-14)16-6-17-11/h1-4,6,13H,5H2,(H2,16,17,18,19,22). The molecule has 0 bridgehead atoms. The second-order valence-electron chi connectivity index (χ2n) is 4.97. The first-order valence-electron chi connectivity index (χ1n) is 6.76. The highest BCUT2D eigenvalue weighted by molar-refractivity contribution is 8.00. The number of anilines is 1. The van der Waals surface area contributed by atoms with E-state index in [9.17, 15) is 9.59 Å². The van der Waals surface area contributed by atoms with Crippen LogP contribution in [0.25, 0.3) is 11.2 Å². The van der Waals surface area contributed by atoms with Crippen LogP contribution in [0.5, 0.6) is 0 Å². The number of benzene rings is 1. The number of carbonyl (C=O) groups is 1. The third-order valence-corrected chi connectivity index (χ3v) is 5.00. The Balaban J connectivity index is 1.81. The number of carbonyl (C=O) groups excluding carboxylic acids is 1. The fraction of sp³-hybridized carbons (Fsp3) is 0.143. The molecule has 1 saturated heterocycles. The maximum Gasteiger partial charge on any atom is 0.278 e. The molecule has 23 heavy (non-hydrogen) atoms. The van der Waals surface area contributed by atoms with Crippen molar-refractivity contribution in [1.29, 1.82) is 0 Å². The molecule has 0 spiro atoms. The monoisotopic (exact) mass is 347 g/mol. The van der Waals surface area contributed by atoms with Crippen LogP contribution in [-0.2, 0) is 4.79 Å². The molecule has 1 fully saturated rings. The van der Waals surface area contributed by atoms with E-state index in [1.54, 1.807) is 12.1 Å². The van der Waals surface area contributed by atoms with Gasteiger partial charge in [0.2, 0.25) is 11.9 Å². The summed E-state index contributed by atoms with van der Waals surface area (Å²) in [6, 6.07) is 7.25. The van der Waals surface area contributed by atoms with E-state index >= 15 is 0 Å². The number of nitrogens with zero attached hydrogens (tertiary/aromatic N) is 3. The van der Waals surface area contributed by atoms with Crippen LogP contribution in [0.4, 0.5) is 5.95 Å². The van der Waals surface area contributed by atoms with E-state index in [2.05, 4.69) is 19.9 Å². The van der Waals surface area contributed by atoms with Gasteiger partial charge in [-0.2, -0.15) is 4.98 Å². The summed E-state index contributed by atoms with van der Waals surface area (Å²) in [5.41, 5.74) is 1.12. The van der Waals surface area contributed by atoms with Gasteiger partial charge in [0, 0.05) is 5.02 Å². The zero-order valence-electron chi connectivity index (χ0n) is 11.6. The first kappa shape index (κ1) is 14.3. The van der Waals surface area contributed by atoms with Crippen LogP contribution in [0.15, 0.2) is 35.4 Å². The molecule has 2 N–H and O–H groups in total. The summed E-state index contributed by atoms with van der Waals surface area (Å²) in [4.78, 5) is 39.5. The Morgan fingerprint density at radius 2 is 2.04 bits per heavy atom. The van der Waals surface area contributed by atoms with Crippen LogP contribution < -0.4 is 10.5 Å². The molecule has 0 radical (unpaired) electrons. The topological polar surface area (TPSA) is 94.7 Å². The van der Waals surface area contributed by atoms with Crippen molar-refractivity contribution < 1.29 is 4.79 Å². The molecule has 116 valence electrons. The van der Waals surface area contributed by atoms with Gasteiger partial charge in [-0.3, -0.25) is 19.5 Å². The molecule has 3 heterocycles. The minimum Gasteiger partial charge on any atom is -0.339 e. The van der Waals surface area contributed by atoms with Crippen LogP contribution in [0.3, 0.4) is 0 Å². The zero-order valence-corrected chi connectivity index (χ0v) is 13.2. The molecule has 3 aromatic rings. The number of fused-ring (bicyclic) bond motifs is 1. The van der Waals surface area contributed by atoms with Gasteiger partial charge in [-0.05, 0) is 17.7 Å². The second-order valence-corrected chi connectivity index (χ2v) is 6.47. The van der Waals surface area contributed by atoms with Crippen molar-refractivity contribution in [3.63, 3.8) is 0 Å². The maximum atomic E-state index is 12.3. The second kappa shape index (κ2) is 5.39. The van der Waals surface area contributed by atoms with Crippen molar-refractivity contribution in [3.05, 3.63) is 51.5 Å².